The Morgan fingerprint density at radius 1 is 0.898 bits per heavy atom. The molecule has 10 heteroatoms. The second-order valence-corrected chi connectivity index (χ2v) is 12.7. The summed E-state index contributed by atoms with van der Waals surface area (Å²) in [6.45, 7) is 0.433. The number of rotatable bonds is 11. The first kappa shape index (κ1) is 32.2. The van der Waals surface area contributed by atoms with Crippen LogP contribution < -0.4 is 10.1 Å². The summed E-state index contributed by atoms with van der Waals surface area (Å²) in [5, 5.41) is 16.5. The zero-order valence-electron chi connectivity index (χ0n) is 26.4. The molecule has 0 fully saturated rings. The van der Waals surface area contributed by atoms with Gasteiger partial charge in [-0.25, -0.2) is 4.99 Å². The molecular weight excluding hydrogens is 682 g/mol. The molecule has 0 spiro atoms. The van der Waals surface area contributed by atoms with Gasteiger partial charge in [-0.3, -0.25) is 4.79 Å². The fraction of sp³-hybridized carbons (Fsp3) is 0.179. The molecule has 2 N–H and O–H groups in total. The fourth-order valence-electron chi connectivity index (χ4n) is 6.61. The largest absolute Gasteiger partial charge is 0.494 e. The standard InChI is InChI=1S/C39H32BrN5O4/c40-33-16-7-6-15-32(33)36-39(24-26-10-1-8-17-34(26)44-45-41,43-37(49-36)25-18-20-27(21-19-25)48-23-9-22-46)38(47)42-35-30-13-4-2-11-28(30)29-12-3-5-14-31(29)35/h1-8,10-21,35-36,46H,9,22-24H2,(H,42,47)/t36-,39-/m1/s1. The van der Waals surface area contributed by atoms with Crippen molar-refractivity contribution in [2.45, 2.75) is 30.5 Å². The van der Waals surface area contributed by atoms with Gasteiger partial charge in [-0.2, -0.15) is 0 Å². The minimum Gasteiger partial charge on any atom is -0.494 e. The van der Waals surface area contributed by atoms with Crippen LogP contribution in [-0.2, 0) is 16.0 Å². The highest BCUT2D eigenvalue weighted by atomic mass is 79.9. The van der Waals surface area contributed by atoms with E-state index in [2.05, 4.69) is 43.4 Å². The van der Waals surface area contributed by atoms with Crippen LogP contribution in [0, 0.1) is 0 Å². The summed E-state index contributed by atoms with van der Waals surface area (Å²) in [6.07, 6.45) is -0.248. The van der Waals surface area contributed by atoms with Crippen LogP contribution in [0.5, 0.6) is 5.75 Å². The number of hydrogen-bond acceptors (Lipinski definition) is 6. The zero-order valence-corrected chi connectivity index (χ0v) is 28.0. The monoisotopic (exact) mass is 713 g/mol. The van der Waals surface area contributed by atoms with Gasteiger partial charge in [0.15, 0.2) is 11.6 Å². The number of nitrogens with zero attached hydrogens (tertiary/aromatic N) is 4. The molecule has 1 heterocycles. The van der Waals surface area contributed by atoms with Crippen LogP contribution in [0.25, 0.3) is 21.6 Å². The van der Waals surface area contributed by atoms with Gasteiger partial charge in [0, 0.05) is 45.6 Å². The number of aliphatic hydroxyl groups is 1. The van der Waals surface area contributed by atoms with E-state index in [4.69, 9.17) is 19.6 Å². The fourth-order valence-corrected chi connectivity index (χ4v) is 7.10. The van der Waals surface area contributed by atoms with E-state index in [1.165, 1.54) is 0 Å². The molecule has 2 aliphatic rings. The van der Waals surface area contributed by atoms with Gasteiger partial charge in [-0.15, -0.1) is 0 Å². The van der Waals surface area contributed by atoms with Gasteiger partial charge in [0.25, 0.3) is 5.91 Å². The topological polar surface area (TPSA) is 129 Å². The van der Waals surface area contributed by atoms with Crippen molar-refractivity contribution in [3.05, 3.63) is 164 Å². The lowest BCUT2D eigenvalue weighted by Crippen LogP contribution is -2.50. The Labute approximate surface area is 292 Å². The Morgan fingerprint density at radius 2 is 1.53 bits per heavy atom. The van der Waals surface area contributed by atoms with E-state index in [1.807, 2.05) is 97.1 Å². The molecule has 0 bridgehead atoms. The number of halogens is 1. The number of aliphatic hydroxyl groups excluding tert-OH is 1. The molecule has 1 aliphatic heterocycles. The Bertz CT molecular complexity index is 2050. The lowest BCUT2D eigenvalue weighted by molar-refractivity contribution is -0.129. The van der Waals surface area contributed by atoms with E-state index >= 15 is 4.79 Å². The van der Waals surface area contributed by atoms with Crippen molar-refractivity contribution < 1.29 is 19.4 Å². The molecule has 9 nitrogen and oxygen atoms in total. The zero-order chi connectivity index (χ0) is 33.8. The molecule has 0 aromatic heterocycles. The van der Waals surface area contributed by atoms with Gasteiger partial charge >= 0.3 is 0 Å². The van der Waals surface area contributed by atoms with Crippen LogP contribution in [0.1, 0.15) is 46.4 Å². The maximum Gasteiger partial charge on any atom is 0.253 e. The summed E-state index contributed by atoms with van der Waals surface area (Å²) < 4.78 is 13.3. The van der Waals surface area contributed by atoms with Crippen LogP contribution in [0.2, 0.25) is 0 Å². The average Bonchev–Trinajstić information content (AvgIpc) is 3.67. The SMILES string of the molecule is [N-]=[N+]=Nc1ccccc1C[C@@]1(C(=O)NC2c3ccccc3-c3ccccc32)N=C(c2ccc(OCCCO)cc2)O[C@@H]1c1ccccc1Br. The Balaban J connectivity index is 1.37. The summed E-state index contributed by atoms with van der Waals surface area (Å²) >= 11 is 3.71. The number of ether oxygens (including phenoxy) is 2. The van der Waals surface area contributed by atoms with Crippen LogP contribution >= 0.6 is 15.9 Å². The second kappa shape index (κ2) is 14.0. The van der Waals surface area contributed by atoms with Crippen molar-refractivity contribution in [2.24, 2.45) is 10.1 Å². The van der Waals surface area contributed by atoms with Crippen LogP contribution in [0.15, 0.2) is 136 Å². The summed E-state index contributed by atoms with van der Waals surface area (Å²) in [5.41, 5.74) is 14.5. The van der Waals surface area contributed by atoms with E-state index in [9.17, 15) is 5.53 Å². The molecule has 7 rings (SSSR count). The van der Waals surface area contributed by atoms with Crippen molar-refractivity contribution >= 4 is 33.4 Å². The van der Waals surface area contributed by atoms with E-state index in [0.29, 0.717) is 41.5 Å². The maximum atomic E-state index is 15.2. The van der Waals surface area contributed by atoms with E-state index in [0.717, 1.165) is 32.3 Å². The normalized spacial score (nSPS) is 17.7. The van der Waals surface area contributed by atoms with E-state index in [1.54, 1.807) is 12.1 Å². The average molecular weight is 715 g/mol. The van der Waals surface area contributed by atoms with Gasteiger partial charge in [0.05, 0.1) is 12.6 Å². The van der Waals surface area contributed by atoms with Crippen LogP contribution in [0.3, 0.4) is 0 Å². The second-order valence-electron chi connectivity index (χ2n) is 11.9. The van der Waals surface area contributed by atoms with Gasteiger partial charge in [-0.1, -0.05) is 112 Å². The predicted octanol–water partition coefficient (Wildman–Crippen LogP) is 8.54. The molecule has 1 amide bonds. The van der Waals surface area contributed by atoms with Gasteiger partial charge in [0.2, 0.25) is 5.90 Å². The minimum absolute atomic E-state index is 0.0458. The summed E-state index contributed by atoms with van der Waals surface area (Å²) in [7, 11) is 0. The Hall–Kier alpha value is -5.41. The van der Waals surface area contributed by atoms with E-state index < -0.39 is 17.7 Å². The molecule has 0 saturated carbocycles. The maximum absolute atomic E-state index is 15.2. The highest BCUT2D eigenvalue weighted by molar-refractivity contribution is 9.10. The minimum atomic E-state index is -1.52. The first-order valence-electron chi connectivity index (χ1n) is 16.0. The molecule has 5 aromatic rings. The van der Waals surface area contributed by atoms with E-state index in [-0.39, 0.29) is 18.9 Å². The third-order valence-corrected chi connectivity index (χ3v) is 9.65. The number of fused-ring (bicyclic) bond motifs is 3. The van der Waals surface area contributed by atoms with Crippen molar-refractivity contribution in [3.8, 4) is 16.9 Å². The number of amides is 1. The number of carbonyl (C=O) groups is 1. The molecule has 49 heavy (non-hydrogen) atoms. The molecule has 0 unspecified atom stereocenters. The summed E-state index contributed by atoms with van der Waals surface area (Å²) in [4.78, 5) is 23.5. The van der Waals surface area contributed by atoms with Crippen LogP contribution in [0.4, 0.5) is 5.69 Å². The number of hydrogen-bond donors (Lipinski definition) is 2. The smallest absolute Gasteiger partial charge is 0.253 e. The van der Waals surface area contributed by atoms with Gasteiger partial charge < -0.3 is 19.9 Å². The van der Waals surface area contributed by atoms with Crippen LogP contribution in [-0.4, -0.2) is 35.7 Å². The molecule has 5 aromatic carbocycles. The molecule has 1 aliphatic carbocycles. The van der Waals surface area contributed by atoms with Crippen molar-refractivity contribution in [2.75, 3.05) is 13.2 Å². The molecule has 244 valence electrons. The lowest BCUT2D eigenvalue weighted by atomic mass is 9.81. The van der Waals surface area contributed by atoms with Gasteiger partial charge in [0.1, 0.15) is 5.75 Å². The number of carbonyl (C=O) groups excluding carboxylic acids is 1. The summed E-state index contributed by atoms with van der Waals surface area (Å²) in [5.74, 6) is 0.606. The van der Waals surface area contributed by atoms with Crippen molar-refractivity contribution in [1.82, 2.24) is 5.32 Å². The quantitative estimate of drug-likeness (QED) is 0.0615. The number of azide groups is 1. The first-order chi connectivity index (χ1) is 24.0. The Kier molecular flexibility index (Phi) is 9.17. The third kappa shape index (κ3) is 6.18. The Morgan fingerprint density at radius 3 is 2.20 bits per heavy atom. The molecular formula is C39H32BrN5O4. The molecule has 0 saturated heterocycles. The molecule has 0 radical (unpaired) electrons. The third-order valence-electron chi connectivity index (χ3n) is 8.93. The molecule has 2 atom stereocenters. The highest BCUT2D eigenvalue weighted by Crippen LogP contribution is 2.48. The lowest BCUT2D eigenvalue weighted by Gasteiger charge is -2.33. The van der Waals surface area contributed by atoms with Crippen molar-refractivity contribution in [1.29, 1.82) is 0 Å². The van der Waals surface area contributed by atoms with Crippen molar-refractivity contribution in [3.63, 3.8) is 0 Å². The van der Waals surface area contributed by atoms with Gasteiger partial charge in [-0.05, 0) is 63.7 Å². The first-order valence-corrected chi connectivity index (χ1v) is 16.8. The number of nitrogens with one attached hydrogen (secondary N) is 1. The number of benzene rings is 5. The summed E-state index contributed by atoms with van der Waals surface area (Å²) in [6, 6.07) is 38.0. The predicted molar refractivity (Wildman–Crippen MR) is 192 cm³/mol. The number of aliphatic imine (C=N–C) groups is 1. The highest BCUT2D eigenvalue weighted by Gasteiger charge is 2.54.